The minimum absolute atomic E-state index is 0.0595. The second-order valence-corrected chi connectivity index (χ2v) is 7.66. The highest BCUT2D eigenvalue weighted by Crippen LogP contribution is 2.37. The first-order valence-corrected chi connectivity index (χ1v) is 9.88. The molecule has 0 aliphatic rings. The molecule has 1 amide bonds. The number of carbonyl (C=O) groups excluding carboxylic acids is 1. The third-order valence-electron chi connectivity index (χ3n) is 4.23. The van der Waals surface area contributed by atoms with Crippen LogP contribution in [-0.2, 0) is 11.2 Å². The number of aromatic carboxylic acids is 1. The first-order valence-electron chi connectivity index (χ1n) is 8.68. The lowest BCUT2D eigenvalue weighted by Gasteiger charge is -2.21. The van der Waals surface area contributed by atoms with Gasteiger partial charge in [-0.3, -0.25) is 4.79 Å². The summed E-state index contributed by atoms with van der Waals surface area (Å²) in [6.07, 6.45) is 1.43. The lowest BCUT2D eigenvalue weighted by Crippen LogP contribution is -2.33. The maximum Gasteiger partial charge on any atom is 0.348 e. The Labute approximate surface area is 176 Å². The van der Waals surface area contributed by atoms with Gasteiger partial charge in [0.05, 0.1) is 12.1 Å². The van der Waals surface area contributed by atoms with Gasteiger partial charge in [0.15, 0.2) is 0 Å². The Balaban J connectivity index is 1.99. The topological polar surface area (TPSA) is 57.6 Å². The smallest absolute Gasteiger partial charge is 0.348 e. The highest BCUT2D eigenvalue weighted by molar-refractivity contribution is 7.18. The van der Waals surface area contributed by atoms with Crippen molar-refractivity contribution in [3.05, 3.63) is 88.5 Å². The molecule has 0 atom stereocenters. The van der Waals surface area contributed by atoms with E-state index in [-0.39, 0.29) is 28.8 Å². The van der Waals surface area contributed by atoms with Crippen LogP contribution in [0, 0.1) is 5.82 Å². The molecule has 0 unspecified atom stereocenters. The zero-order valence-corrected chi connectivity index (χ0v) is 16.8. The molecule has 0 aliphatic carbocycles. The molecule has 1 aromatic heterocycles. The highest BCUT2D eigenvalue weighted by atomic mass is 35.5. The maximum absolute atomic E-state index is 13.3. The molecule has 3 rings (SSSR count). The molecular formula is C22H17ClFNO3S. The molecule has 4 nitrogen and oxygen atoms in total. The van der Waals surface area contributed by atoms with Crippen molar-refractivity contribution in [1.29, 1.82) is 0 Å². The van der Waals surface area contributed by atoms with Crippen LogP contribution in [0.25, 0.3) is 10.4 Å². The summed E-state index contributed by atoms with van der Waals surface area (Å²) in [5, 5.41) is 9.82. The van der Waals surface area contributed by atoms with E-state index in [1.807, 2.05) is 30.3 Å². The van der Waals surface area contributed by atoms with Crippen molar-refractivity contribution in [2.24, 2.45) is 0 Å². The second kappa shape index (κ2) is 9.03. The van der Waals surface area contributed by atoms with Crippen molar-refractivity contribution in [3.63, 3.8) is 0 Å². The van der Waals surface area contributed by atoms with E-state index in [1.165, 1.54) is 23.1 Å². The highest BCUT2D eigenvalue weighted by Gasteiger charge is 2.25. The van der Waals surface area contributed by atoms with Crippen molar-refractivity contribution in [2.45, 2.75) is 6.42 Å². The summed E-state index contributed by atoms with van der Waals surface area (Å²) < 4.78 is 13.3. The summed E-state index contributed by atoms with van der Waals surface area (Å²) in [6, 6.07) is 14.8. The minimum atomic E-state index is -1.12. The van der Waals surface area contributed by atoms with Crippen LogP contribution >= 0.6 is 22.9 Å². The van der Waals surface area contributed by atoms with E-state index in [1.54, 1.807) is 6.07 Å². The van der Waals surface area contributed by atoms with E-state index in [0.717, 1.165) is 27.8 Å². The number of carbonyl (C=O) groups is 2. The van der Waals surface area contributed by atoms with Crippen LogP contribution in [0.1, 0.15) is 15.2 Å². The van der Waals surface area contributed by atoms with Gasteiger partial charge in [-0.2, -0.15) is 0 Å². The van der Waals surface area contributed by atoms with Crippen molar-refractivity contribution >= 4 is 40.5 Å². The monoisotopic (exact) mass is 429 g/mol. The van der Waals surface area contributed by atoms with Gasteiger partial charge in [0, 0.05) is 16.4 Å². The molecule has 0 saturated heterocycles. The minimum Gasteiger partial charge on any atom is -0.477 e. The molecule has 0 saturated carbocycles. The summed E-state index contributed by atoms with van der Waals surface area (Å²) in [5.74, 6) is -1.97. The molecule has 1 heterocycles. The number of nitrogens with zero attached hydrogens (tertiary/aromatic N) is 1. The van der Waals surface area contributed by atoms with Crippen LogP contribution in [0.15, 0.2) is 67.3 Å². The van der Waals surface area contributed by atoms with Crippen molar-refractivity contribution in [1.82, 2.24) is 0 Å². The Bertz CT molecular complexity index is 1070. The average molecular weight is 430 g/mol. The number of carboxylic acids is 1. The fourth-order valence-electron chi connectivity index (χ4n) is 2.87. The molecule has 0 fully saturated rings. The number of thiophene rings is 1. The van der Waals surface area contributed by atoms with Crippen LogP contribution in [0.3, 0.4) is 0 Å². The fraction of sp³-hybridized carbons (Fsp3) is 0.0909. The molecule has 1 N–H and O–H groups in total. The molecular weight excluding hydrogens is 413 g/mol. The molecule has 2 aromatic carbocycles. The van der Waals surface area contributed by atoms with E-state index in [4.69, 9.17) is 11.6 Å². The summed E-state index contributed by atoms with van der Waals surface area (Å²) in [4.78, 5) is 27.0. The molecule has 7 heteroatoms. The van der Waals surface area contributed by atoms with Crippen molar-refractivity contribution < 1.29 is 19.1 Å². The zero-order chi connectivity index (χ0) is 21.0. The van der Waals surface area contributed by atoms with Gasteiger partial charge in [-0.15, -0.1) is 17.9 Å². The normalized spacial score (nSPS) is 10.6. The number of halogens is 2. The van der Waals surface area contributed by atoms with Gasteiger partial charge in [-0.05, 0) is 29.3 Å². The van der Waals surface area contributed by atoms with Gasteiger partial charge in [0.25, 0.3) is 0 Å². The lowest BCUT2D eigenvalue weighted by atomic mass is 10.1. The summed E-state index contributed by atoms with van der Waals surface area (Å²) in [5.41, 5.74) is 1.62. The van der Waals surface area contributed by atoms with Crippen LogP contribution in [0.2, 0.25) is 5.02 Å². The van der Waals surface area contributed by atoms with Gasteiger partial charge in [-0.25, -0.2) is 9.18 Å². The van der Waals surface area contributed by atoms with Gasteiger partial charge in [0.1, 0.15) is 10.7 Å². The summed E-state index contributed by atoms with van der Waals surface area (Å²) >= 11 is 7.14. The predicted molar refractivity (Wildman–Crippen MR) is 114 cm³/mol. The molecule has 148 valence electrons. The number of rotatable bonds is 7. The van der Waals surface area contributed by atoms with Gasteiger partial charge in [0.2, 0.25) is 5.91 Å². The van der Waals surface area contributed by atoms with Crippen LogP contribution in [0.4, 0.5) is 10.1 Å². The largest absolute Gasteiger partial charge is 0.477 e. The van der Waals surface area contributed by atoms with E-state index >= 15 is 0 Å². The average Bonchev–Trinajstić information content (AvgIpc) is 3.14. The molecule has 0 radical (unpaired) electrons. The quantitative estimate of drug-likeness (QED) is 0.492. The Morgan fingerprint density at radius 3 is 2.52 bits per heavy atom. The Morgan fingerprint density at radius 1 is 1.17 bits per heavy atom. The zero-order valence-electron chi connectivity index (χ0n) is 15.3. The number of anilines is 1. The number of carboxylic acid groups (broad SMARTS) is 1. The molecule has 0 spiro atoms. The lowest BCUT2D eigenvalue weighted by molar-refractivity contribution is -0.117. The third-order valence-corrected chi connectivity index (χ3v) is 5.74. The summed E-state index contributed by atoms with van der Waals surface area (Å²) in [6.45, 7) is 3.80. The second-order valence-electron chi connectivity index (χ2n) is 6.20. The Hall–Kier alpha value is -2.96. The first-order chi connectivity index (χ1) is 13.9. The third kappa shape index (κ3) is 4.72. The standard InChI is InChI=1S/C22H17ClFNO3S/c1-2-10-25(20(26)11-15-8-9-16(24)12-17(15)23)18-13-19(29-21(18)22(27)28)14-6-4-3-5-7-14/h2-9,12-13H,1,10-11H2,(H,27,28). The van der Waals surface area contributed by atoms with Gasteiger partial charge >= 0.3 is 5.97 Å². The van der Waals surface area contributed by atoms with E-state index in [9.17, 15) is 19.1 Å². The number of hydrogen-bond acceptors (Lipinski definition) is 3. The van der Waals surface area contributed by atoms with E-state index in [2.05, 4.69) is 6.58 Å². The van der Waals surface area contributed by atoms with Crippen molar-refractivity contribution in [2.75, 3.05) is 11.4 Å². The number of hydrogen-bond donors (Lipinski definition) is 1. The van der Waals surface area contributed by atoms with Crippen LogP contribution < -0.4 is 4.90 Å². The van der Waals surface area contributed by atoms with E-state index in [0.29, 0.717) is 11.3 Å². The maximum atomic E-state index is 13.3. The van der Waals surface area contributed by atoms with Crippen molar-refractivity contribution in [3.8, 4) is 10.4 Å². The van der Waals surface area contributed by atoms with Gasteiger partial charge < -0.3 is 10.0 Å². The fourth-order valence-corrected chi connectivity index (χ4v) is 4.11. The Morgan fingerprint density at radius 2 is 1.90 bits per heavy atom. The first kappa shape index (κ1) is 20.8. The summed E-state index contributed by atoms with van der Waals surface area (Å²) in [7, 11) is 0. The number of amides is 1. The number of benzene rings is 2. The molecule has 0 bridgehead atoms. The molecule has 29 heavy (non-hydrogen) atoms. The Kier molecular flexibility index (Phi) is 6.46. The molecule has 0 aliphatic heterocycles. The van der Waals surface area contributed by atoms with E-state index < -0.39 is 11.8 Å². The molecule has 3 aromatic rings. The van der Waals surface area contributed by atoms with Crippen LogP contribution in [-0.4, -0.2) is 23.5 Å². The van der Waals surface area contributed by atoms with Crippen LogP contribution in [0.5, 0.6) is 0 Å². The van der Waals surface area contributed by atoms with Gasteiger partial charge in [-0.1, -0.05) is 54.1 Å². The predicted octanol–water partition coefficient (Wildman–Crippen LogP) is 5.67. The SMILES string of the molecule is C=CCN(C(=O)Cc1ccc(F)cc1Cl)c1cc(-c2ccccc2)sc1C(=O)O.